The Kier molecular flexibility index (Phi) is 11.2. The van der Waals surface area contributed by atoms with Gasteiger partial charge in [0.15, 0.2) is 0 Å². The summed E-state index contributed by atoms with van der Waals surface area (Å²) < 4.78 is 29.1. The SMILES string of the molecule is CC[C@H](C(=O)NC1CCCCC1)N(Cc1cccc(C)c1)C(=O)CN(c1ccc(Cl)c(Cl)c1)S(=O)(=O)c1ccc(C)cc1. The third-order valence-corrected chi connectivity index (χ3v) is 10.4. The molecular weight excluding hydrogens is 605 g/mol. The van der Waals surface area contributed by atoms with Crippen LogP contribution >= 0.6 is 23.2 Å². The van der Waals surface area contributed by atoms with E-state index in [0.717, 1.165) is 53.1 Å². The molecule has 7 nitrogen and oxygen atoms in total. The second-order valence-corrected chi connectivity index (χ2v) is 13.9. The van der Waals surface area contributed by atoms with Crippen LogP contribution in [0.15, 0.2) is 71.6 Å². The number of hydrogen-bond donors (Lipinski definition) is 1. The largest absolute Gasteiger partial charge is 0.352 e. The number of hydrogen-bond acceptors (Lipinski definition) is 4. The minimum Gasteiger partial charge on any atom is -0.352 e. The predicted molar refractivity (Wildman–Crippen MR) is 173 cm³/mol. The molecule has 0 bridgehead atoms. The maximum atomic E-state index is 14.3. The van der Waals surface area contributed by atoms with Gasteiger partial charge >= 0.3 is 0 Å². The Hall–Kier alpha value is -3.07. The van der Waals surface area contributed by atoms with Gasteiger partial charge in [-0.25, -0.2) is 8.42 Å². The molecule has 1 atom stereocenters. The fourth-order valence-electron chi connectivity index (χ4n) is 5.48. The summed E-state index contributed by atoms with van der Waals surface area (Å²) >= 11 is 12.5. The normalized spacial score (nSPS) is 14.6. The first-order valence-corrected chi connectivity index (χ1v) is 16.9. The number of rotatable bonds is 11. The van der Waals surface area contributed by atoms with Crippen LogP contribution < -0.4 is 9.62 Å². The molecule has 0 unspecified atom stereocenters. The van der Waals surface area contributed by atoms with Crippen LogP contribution in [0.1, 0.15) is 62.1 Å². The summed E-state index contributed by atoms with van der Waals surface area (Å²) in [6, 6.07) is 17.9. The van der Waals surface area contributed by atoms with E-state index in [-0.39, 0.29) is 39.1 Å². The molecule has 10 heteroatoms. The van der Waals surface area contributed by atoms with Crippen LogP contribution in [-0.2, 0) is 26.2 Å². The summed E-state index contributed by atoms with van der Waals surface area (Å²) in [5, 5.41) is 3.58. The Labute approximate surface area is 265 Å². The fourth-order valence-corrected chi connectivity index (χ4v) is 7.18. The molecule has 1 saturated carbocycles. The van der Waals surface area contributed by atoms with Gasteiger partial charge in [0.05, 0.1) is 20.6 Å². The van der Waals surface area contributed by atoms with E-state index in [2.05, 4.69) is 5.32 Å². The van der Waals surface area contributed by atoms with Crippen LogP contribution in [0.25, 0.3) is 0 Å². The average molecular weight is 645 g/mol. The molecule has 0 aromatic heterocycles. The van der Waals surface area contributed by atoms with Gasteiger partial charge in [0.25, 0.3) is 10.0 Å². The molecular formula is C33H39Cl2N3O4S. The van der Waals surface area contributed by atoms with Crippen LogP contribution in [0.5, 0.6) is 0 Å². The van der Waals surface area contributed by atoms with Crippen molar-refractivity contribution < 1.29 is 18.0 Å². The minimum atomic E-state index is -4.20. The Bertz CT molecular complexity index is 1540. The maximum absolute atomic E-state index is 14.3. The molecule has 2 amide bonds. The van der Waals surface area contributed by atoms with E-state index in [1.54, 1.807) is 12.1 Å². The number of sulfonamides is 1. The predicted octanol–water partition coefficient (Wildman–Crippen LogP) is 7.06. The molecule has 4 rings (SSSR count). The lowest BCUT2D eigenvalue weighted by molar-refractivity contribution is -0.140. The first-order valence-electron chi connectivity index (χ1n) is 14.7. The van der Waals surface area contributed by atoms with E-state index in [4.69, 9.17) is 23.2 Å². The Morgan fingerprint density at radius 2 is 1.60 bits per heavy atom. The van der Waals surface area contributed by atoms with Crippen molar-refractivity contribution in [3.8, 4) is 0 Å². The van der Waals surface area contributed by atoms with Crippen molar-refractivity contribution in [2.75, 3.05) is 10.8 Å². The summed E-state index contributed by atoms with van der Waals surface area (Å²) in [7, 11) is -4.20. The van der Waals surface area contributed by atoms with Crippen LogP contribution in [-0.4, -0.2) is 43.8 Å². The molecule has 230 valence electrons. The summed E-state index contributed by atoms with van der Waals surface area (Å²) in [5.41, 5.74) is 2.96. The van der Waals surface area contributed by atoms with Gasteiger partial charge in [-0.3, -0.25) is 13.9 Å². The third kappa shape index (κ3) is 8.31. The molecule has 0 saturated heterocycles. The number of halogens is 2. The van der Waals surface area contributed by atoms with Gasteiger partial charge in [0.2, 0.25) is 11.8 Å². The minimum absolute atomic E-state index is 0.0317. The van der Waals surface area contributed by atoms with Crippen LogP contribution in [0, 0.1) is 13.8 Å². The van der Waals surface area contributed by atoms with E-state index in [1.165, 1.54) is 35.2 Å². The zero-order chi connectivity index (χ0) is 31.1. The van der Waals surface area contributed by atoms with Crippen LogP contribution in [0.2, 0.25) is 10.0 Å². The van der Waals surface area contributed by atoms with Crippen molar-refractivity contribution in [2.24, 2.45) is 0 Å². The summed E-state index contributed by atoms with van der Waals surface area (Å²) in [6.45, 7) is 5.30. The third-order valence-electron chi connectivity index (χ3n) is 7.85. The van der Waals surface area contributed by atoms with Crippen LogP contribution in [0.4, 0.5) is 5.69 Å². The monoisotopic (exact) mass is 643 g/mol. The van der Waals surface area contributed by atoms with Crippen molar-refractivity contribution in [1.82, 2.24) is 10.2 Å². The Balaban J connectivity index is 1.72. The van der Waals surface area contributed by atoms with Crippen molar-refractivity contribution in [1.29, 1.82) is 0 Å². The van der Waals surface area contributed by atoms with Crippen molar-refractivity contribution in [2.45, 2.75) is 82.8 Å². The number of aryl methyl sites for hydroxylation is 2. The lowest BCUT2D eigenvalue weighted by Gasteiger charge is -2.34. The molecule has 0 aliphatic heterocycles. The zero-order valence-electron chi connectivity index (χ0n) is 24.9. The molecule has 1 aliphatic carbocycles. The van der Waals surface area contributed by atoms with Gasteiger partial charge in [-0.15, -0.1) is 0 Å². The molecule has 0 radical (unpaired) electrons. The highest BCUT2D eigenvalue weighted by atomic mass is 35.5. The lowest BCUT2D eigenvalue weighted by atomic mass is 9.95. The van der Waals surface area contributed by atoms with E-state index in [1.807, 2.05) is 45.0 Å². The van der Waals surface area contributed by atoms with Gasteiger partial charge in [0, 0.05) is 12.6 Å². The van der Waals surface area contributed by atoms with E-state index in [0.29, 0.717) is 6.42 Å². The quantitative estimate of drug-likeness (QED) is 0.242. The molecule has 1 fully saturated rings. The van der Waals surface area contributed by atoms with Gasteiger partial charge in [-0.1, -0.05) is 96.9 Å². The number of nitrogens with one attached hydrogen (secondary N) is 1. The highest BCUT2D eigenvalue weighted by Gasteiger charge is 2.34. The first kappa shape index (κ1) is 32.8. The van der Waals surface area contributed by atoms with Crippen molar-refractivity contribution in [3.63, 3.8) is 0 Å². The van der Waals surface area contributed by atoms with Crippen molar-refractivity contribution >= 4 is 50.7 Å². The smallest absolute Gasteiger partial charge is 0.264 e. The summed E-state index contributed by atoms with van der Waals surface area (Å²) in [4.78, 5) is 29.5. The number of carbonyl (C=O) groups excluding carboxylic acids is 2. The van der Waals surface area contributed by atoms with Crippen molar-refractivity contribution in [3.05, 3.63) is 93.5 Å². The van der Waals surface area contributed by atoms with Crippen LogP contribution in [0.3, 0.4) is 0 Å². The molecule has 1 aliphatic rings. The number of anilines is 1. The number of benzene rings is 3. The number of amides is 2. The zero-order valence-corrected chi connectivity index (χ0v) is 27.2. The topological polar surface area (TPSA) is 86.8 Å². The molecule has 43 heavy (non-hydrogen) atoms. The summed E-state index contributed by atoms with van der Waals surface area (Å²) in [6.07, 6.45) is 5.46. The summed E-state index contributed by atoms with van der Waals surface area (Å²) in [5.74, 6) is -0.730. The standard InChI is InChI=1S/C33H39Cl2N3O4S/c1-4-31(33(40)36-26-11-6-5-7-12-26)37(21-25-10-8-9-24(3)19-25)32(39)22-38(27-15-18-29(34)30(35)20-27)43(41,42)28-16-13-23(2)14-17-28/h8-10,13-20,26,31H,4-7,11-12,21-22H2,1-3H3,(H,36,40)/t31-/m1/s1. The maximum Gasteiger partial charge on any atom is 0.264 e. The van der Waals surface area contributed by atoms with E-state index >= 15 is 0 Å². The number of nitrogens with zero attached hydrogens (tertiary/aromatic N) is 2. The molecule has 0 heterocycles. The second-order valence-electron chi connectivity index (χ2n) is 11.2. The fraction of sp³-hybridized carbons (Fsp3) is 0.394. The average Bonchev–Trinajstić information content (AvgIpc) is 2.98. The second kappa shape index (κ2) is 14.6. The van der Waals surface area contributed by atoms with Gasteiger partial charge in [-0.05, 0) is 69.0 Å². The number of carbonyl (C=O) groups is 2. The highest BCUT2D eigenvalue weighted by Crippen LogP contribution is 2.31. The molecule has 1 N–H and O–H groups in total. The van der Waals surface area contributed by atoms with Gasteiger partial charge in [-0.2, -0.15) is 0 Å². The molecule has 0 spiro atoms. The molecule has 3 aromatic rings. The highest BCUT2D eigenvalue weighted by molar-refractivity contribution is 7.92. The first-order chi connectivity index (χ1) is 20.5. The van der Waals surface area contributed by atoms with E-state index < -0.39 is 28.5 Å². The Morgan fingerprint density at radius 1 is 0.907 bits per heavy atom. The lowest BCUT2D eigenvalue weighted by Crippen LogP contribution is -2.54. The molecule has 3 aromatic carbocycles. The van der Waals surface area contributed by atoms with E-state index in [9.17, 15) is 18.0 Å². The Morgan fingerprint density at radius 3 is 2.23 bits per heavy atom. The van der Waals surface area contributed by atoms with Gasteiger partial charge in [0.1, 0.15) is 12.6 Å². The van der Waals surface area contributed by atoms with Gasteiger partial charge < -0.3 is 10.2 Å².